The Kier molecular flexibility index (Phi) is 5.98. The van der Waals surface area contributed by atoms with Crippen molar-refractivity contribution >= 4 is 46.3 Å². The monoisotopic (exact) mass is 425 g/mol. The quantitative estimate of drug-likeness (QED) is 0.311. The molecule has 30 heavy (non-hydrogen) atoms. The number of nitrogens with zero attached hydrogens (tertiary/aromatic N) is 3. The number of aromatic carboxylic acids is 1. The molecule has 0 spiro atoms. The molecule has 0 bridgehead atoms. The van der Waals surface area contributed by atoms with E-state index in [9.17, 15) is 29.9 Å². The summed E-state index contributed by atoms with van der Waals surface area (Å²) in [5.74, 6) is -1.84. The number of phenolic OH excluding ortho intramolecular Hbond substituents is 1. The first-order valence-corrected chi connectivity index (χ1v) is 9.33. The number of carboxylic acid groups (broad SMARTS) is 1. The number of hydrogen-bond acceptors (Lipinski definition) is 7. The summed E-state index contributed by atoms with van der Waals surface area (Å²) in [5.41, 5.74) is 0.405. The molecule has 152 valence electrons. The van der Waals surface area contributed by atoms with Crippen molar-refractivity contribution in [1.82, 2.24) is 4.90 Å². The number of carboxylic acids is 1. The number of nitro benzene ring substituents is 1. The van der Waals surface area contributed by atoms with Crippen LogP contribution in [0.15, 0.2) is 65.0 Å². The van der Waals surface area contributed by atoms with Crippen LogP contribution in [-0.4, -0.2) is 43.6 Å². The van der Waals surface area contributed by atoms with Gasteiger partial charge in [-0.25, -0.2) is 9.79 Å². The van der Waals surface area contributed by atoms with Gasteiger partial charge >= 0.3 is 5.97 Å². The van der Waals surface area contributed by atoms with E-state index in [1.165, 1.54) is 47.4 Å². The van der Waals surface area contributed by atoms with Gasteiger partial charge in [-0.2, -0.15) is 0 Å². The molecule has 1 saturated heterocycles. The highest BCUT2D eigenvalue weighted by atomic mass is 32.2. The number of hydrogen-bond donors (Lipinski definition) is 2. The highest BCUT2D eigenvalue weighted by Gasteiger charge is 2.33. The highest BCUT2D eigenvalue weighted by molar-refractivity contribution is 8.18. The Morgan fingerprint density at radius 3 is 2.57 bits per heavy atom. The lowest BCUT2D eigenvalue weighted by Crippen LogP contribution is -2.29. The number of carbonyl (C=O) groups is 2. The second kappa shape index (κ2) is 8.62. The Morgan fingerprint density at radius 2 is 1.97 bits per heavy atom. The third kappa shape index (κ3) is 4.39. The first kappa shape index (κ1) is 20.8. The number of amidine groups is 1. The van der Waals surface area contributed by atoms with Crippen molar-refractivity contribution in [2.24, 2.45) is 4.99 Å². The number of non-ortho nitro benzene ring substituents is 1. The van der Waals surface area contributed by atoms with Gasteiger partial charge < -0.3 is 10.2 Å². The molecule has 1 amide bonds. The van der Waals surface area contributed by atoms with Gasteiger partial charge in [0.25, 0.3) is 11.6 Å². The average molecular weight is 425 g/mol. The molecule has 9 nitrogen and oxygen atoms in total. The van der Waals surface area contributed by atoms with E-state index < -0.39 is 10.9 Å². The molecule has 0 aliphatic carbocycles. The molecule has 0 radical (unpaired) electrons. The van der Waals surface area contributed by atoms with Crippen molar-refractivity contribution in [3.63, 3.8) is 0 Å². The third-order valence-corrected chi connectivity index (χ3v) is 5.03. The normalized spacial score (nSPS) is 16.3. The zero-order valence-electron chi connectivity index (χ0n) is 15.4. The van der Waals surface area contributed by atoms with Crippen LogP contribution < -0.4 is 0 Å². The molecule has 0 saturated carbocycles. The summed E-state index contributed by atoms with van der Waals surface area (Å²) in [7, 11) is 0. The zero-order valence-corrected chi connectivity index (χ0v) is 16.2. The number of nitro groups is 1. The fraction of sp³-hybridized carbons (Fsp3) is 0.0500. The molecule has 1 fully saturated rings. The maximum atomic E-state index is 12.8. The zero-order chi connectivity index (χ0) is 21.8. The first-order chi connectivity index (χ1) is 14.3. The predicted molar refractivity (Wildman–Crippen MR) is 113 cm³/mol. The van der Waals surface area contributed by atoms with E-state index in [0.717, 1.165) is 17.8 Å². The molecular weight excluding hydrogens is 410 g/mol. The van der Waals surface area contributed by atoms with Crippen LogP contribution in [0.1, 0.15) is 15.9 Å². The minimum atomic E-state index is -1.27. The maximum Gasteiger partial charge on any atom is 0.338 e. The Bertz CT molecular complexity index is 1110. The van der Waals surface area contributed by atoms with Crippen LogP contribution in [0.5, 0.6) is 5.75 Å². The van der Waals surface area contributed by atoms with Crippen molar-refractivity contribution in [1.29, 1.82) is 0 Å². The summed E-state index contributed by atoms with van der Waals surface area (Å²) in [4.78, 5) is 40.5. The van der Waals surface area contributed by atoms with Crippen LogP contribution in [0, 0.1) is 10.1 Å². The van der Waals surface area contributed by atoms with Gasteiger partial charge in [0.15, 0.2) is 5.17 Å². The molecule has 1 aliphatic heterocycles. The van der Waals surface area contributed by atoms with Gasteiger partial charge in [0.2, 0.25) is 0 Å². The van der Waals surface area contributed by atoms with Crippen LogP contribution >= 0.6 is 11.8 Å². The minimum Gasteiger partial charge on any atom is -0.508 e. The summed E-state index contributed by atoms with van der Waals surface area (Å²) in [6, 6.07) is 9.45. The SMILES string of the molecule is C=CCN1C(=O)/C(=C/c2ccc([N+](=O)[O-])cc2)SC1=Nc1ccc(O)cc1C(=O)O. The van der Waals surface area contributed by atoms with Gasteiger partial charge in [-0.15, -0.1) is 6.58 Å². The second-order valence-corrected chi connectivity index (χ2v) is 7.07. The van der Waals surface area contributed by atoms with Gasteiger partial charge in [0.1, 0.15) is 5.75 Å². The van der Waals surface area contributed by atoms with Gasteiger partial charge in [0, 0.05) is 18.7 Å². The van der Waals surface area contributed by atoms with Crippen molar-refractivity contribution in [2.45, 2.75) is 0 Å². The van der Waals surface area contributed by atoms with Gasteiger partial charge in [0.05, 0.1) is 21.1 Å². The molecular formula is C20H15N3O6S. The smallest absolute Gasteiger partial charge is 0.338 e. The lowest BCUT2D eigenvalue weighted by molar-refractivity contribution is -0.384. The Morgan fingerprint density at radius 1 is 1.27 bits per heavy atom. The predicted octanol–water partition coefficient (Wildman–Crippen LogP) is 3.79. The lowest BCUT2D eigenvalue weighted by Gasteiger charge is -2.13. The number of aliphatic imine (C=N–C) groups is 1. The molecule has 10 heteroatoms. The van der Waals surface area contributed by atoms with Gasteiger partial charge in [-0.3, -0.25) is 19.8 Å². The van der Waals surface area contributed by atoms with Crippen molar-refractivity contribution in [2.75, 3.05) is 6.54 Å². The fourth-order valence-corrected chi connectivity index (χ4v) is 3.62. The number of benzene rings is 2. The summed E-state index contributed by atoms with van der Waals surface area (Å²) in [6.45, 7) is 3.78. The van der Waals surface area contributed by atoms with Crippen LogP contribution in [0.4, 0.5) is 11.4 Å². The highest BCUT2D eigenvalue weighted by Crippen LogP contribution is 2.35. The largest absolute Gasteiger partial charge is 0.508 e. The van der Waals surface area contributed by atoms with Crippen molar-refractivity contribution < 1.29 is 24.7 Å². The molecule has 0 aromatic heterocycles. The van der Waals surface area contributed by atoms with Crippen LogP contribution in [0.25, 0.3) is 6.08 Å². The van der Waals surface area contributed by atoms with E-state index in [2.05, 4.69) is 11.6 Å². The number of rotatable bonds is 6. The molecule has 0 unspecified atom stereocenters. The number of carbonyl (C=O) groups excluding carboxylic acids is 1. The number of amides is 1. The third-order valence-electron chi connectivity index (χ3n) is 4.03. The Hall–Kier alpha value is -3.92. The van der Waals surface area contributed by atoms with E-state index >= 15 is 0 Å². The van der Waals surface area contributed by atoms with E-state index in [1.807, 2.05) is 0 Å². The van der Waals surface area contributed by atoms with E-state index in [1.54, 1.807) is 6.08 Å². The summed E-state index contributed by atoms with van der Waals surface area (Å²) in [6.07, 6.45) is 3.09. The van der Waals surface area contributed by atoms with Gasteiger partial charge in [-0.05, 0) is 53.7 Å². The van der Waals surface area contributed by atoms with E-state index in [0.29, 0.717) is 10.5 Å². The summed E-state index contributed by atoms with van der Waals surface area (Å²) in [5, 5.41) is 29.9. The fourth-order valence-electron chi connectivity index (χ4n) is 2.62. The molecule has 2 aromatic carbocycles. The van der Waals surface area contributed by atoms with E-state index in [-0.39, 0.29) is 40.3 Å². The molecule has 1 aliphatic rings. The average Bonchev–Trinajstić information content (AvgIpc) is 2.98. The Balaban J connectivity index is 1.99. The van der Waals surface area contributed by atoms with Crippen LogP contribution in [-0.2, 0) is 4.79 Å². The van der Waals surface area contributed by atoms with Crippen molar-refractivity contribution in [3.05, 3.63) is 81.3 Å². The molecule has 2 N–H and O–H groups in total. The van der Waals surface area contributed by atoms with Crippen LogP contribution in [0.3, 0.4) is 0 Å². The van der Waals surface area contributed by atoms with Gasteiger partial charge in [-0.1, -0.05) is 6.08 Å². The second-order valence-electron chi connectivity index (χ2n) is 6.06. The Labute approximate surface area is 174 Å². The lowest BCUT2D eigenvalue weighted by atomic mass is 10.2. The number of thioether (sulfide) groups is 1. The minimum absolute atomic E-state index is 0.0633. The molecule has 2 aromatic rings. The maximum absolute atomic E-state index is 12.8. The topological polar surface area (TPSA) is 133 Å². The van der Waals surface area contributed by atoms with Crippen molar-refractivity contribution in [3.8, 4) is 5.75 Å². The van der Waals surface area contributed by atoms with E-state index in [4.69, 9.17) is 0 Å². The molecule has 0 atom stereocenters. The standard InChI is InChI=1S/C20H15N3O6S/c1-2-9-22-18(25)17(10-12-3-5-13(6-4-12)23(28)29)30-20(22)21-16-8-7-14(24)11-15(16)19(26)27/h2-8,10-11,24H,1,9H2,(H,26,27)/b17-10-,21-20?. The summed E-state index contributed by atoms with van der Waals surface area (Å²) < 4.78 is 0. The molecule has 1 heterocycles. The number of aromatic hydroxyl groups is 1. The first-order valence-electron chi connectivity index (χ1n) is 8.52. The van der Waals surface area contributed by atoms with Crippen LogP contribution in [0.2, 0.25) is 0 Å². The summed E-state index contributed by atoms with van der Waals surface area (Å²) >= 11 is 1.04. The molecule has 3 rings (SSSR count). The number of phenols is 1.